The van der Waals surface area contributed by atoms with Gasteiger partial charge in [0.1, 0.15) is 11.1 Å². The molecule has 1 N–H and O–H groups in total. The van der Waals surface area contributed by atoms with E-state index in [4.69, 9.17) is 13.9 Å². The quantitative estimate of drug-likeness (QED) is 0.447. The molecule has 0 unspecified atom stereocenters. The summed E-state index contributed by atoms with van der Waals surface area (Å²) in [7, 11) is -6.14. The van der Waals surface area contributed by atoms with Crippen LogP contribution in [-0.2, 0) is 28.7 Å². The molecular weight excluding hydrogens is 550 g/mol. The summed E-state index contributed by atoms with van der Waals surface area (Å²) in [5.41, 5.74) is -2.61. The van der Waals surface area contributed by atoms with Gasteiger partial charge in [-0.15, -0.1) is 0 Å². The Morgan fingerprint density at radius 3 is 2.33 bits per heavy atom. The molecule has 2 aliphatic carbocycles. The maximum atomic E-state index is 14.2. The van der Waals surface area contributed by atoms with E-state index in [0.717, 1.165) is 17.1 Å². The number of ether oxygens (including phenoxy) is 2. The fourth-order valence-electron chi connectivity index (χ4n) is 6.99. The van der Waals surface area contributed by atoms with Gasteiger partial charge in [-0.05, 0) is 76.4 Å². The van der Waals surface area contributed by atoms with Crippen molar-refractivity contribution in [1.29, 1.82) is 0 Å². The molecule has 1 saturated heterocycles. The monoisotopic (exact) mass is 599 g/mol. The van der Waals surface area contributed by atoms with Crippen LogP contribution in [0.3, 0.4) is 0 Å². The molecule has 0 radical (unpaired) electrons. The van der Waals surface area contributed by atoms with Gasteiger partial charge in [0.05, 0.1) is 18.4 Å². The van der Waals surface area contributed by atoms with Gasteiger partial charge in [-0.2, -0.15) is 0 Å². The molecule has 2 aliphatic heterocycles. The van der Waals surface area contributed by atoms with E-state index >= 15 is 0 Å². The van der Waals surface area contributed by atoms with E-state index < -0.39 is 59.0 Å². The predicted octanol–water partition coefficient (Wildman–Crippen LogP) is 4.45. The molecule has 4 rings (SSSR count). The van der Waals surface area contributed by atoms with Gasteiger partial charge in [0, 0.05) is 5.41 Å². The van der Waals surface area contributed by atoms with Crippen LogP contribution in [-0.4, -0.2) is 81.1 Å². The number of fused-ring (bicyclic) bond motifs is 1. The highest BCUT2D eigenvalue weighted by Gasteiger charge is 2.73. The van der Waals surface area contributed by atoms with Crippen molar-refractivity contribution in [3.8, 4) is 0 Å². The third-order valence-electron chi connectivity index (χ3n) is 10.6. The van der Waals surface area contributed by atoms with Crippen molar-refractivity contribution in [3.05, 3.63) is 0 Å². The lowest BCUT2D eigenvalue weighted by Crippen LogP contribution is -2.64. The smallest absolute Gasteiger partial charge is 0.408 e. The number of nitrogens with zero attached hydrogens (tertiary/aromatic N) is 2. The van der Waals surface area contributed by atoms with Crippen LogP contribution in [0, 0.1) is 16.7 Å². The van der Waals surface area contributed by atoms with Crippen molar-refractivity contribution in [2.75, 3.05) is 12.4 Å². The van der Waals surface area contributed by atoms with Crippen molar-refractivity contribution in [1.82, 2.24) is 9.62 Å². The Bertz CT molecular complexity index is 1190. The number of carbonyl (C=O) groups is 2. The molecule has 12 heteroatoms. The molecule has 6 atom stereocenters. The summed E-state index contributed by atoms with van der Waals surface area (Å²) in [6.45, 7) is 21.9. The van der Waals surface area contributed by atoms with Crippen LogP contribution in [0.4, 0.5) is 4.79 Å². The zero-order valence-electron chi connectivity index (χ0n) is 26.1. The molecule has 1 spiro atoms. The standard InChI is InChI=1S/C28H49N3O7SSi/c1-24(2,3)38-23(33)30-27(9,15-37-40(10,11)25(4,5)6)21-20(29-17-36-21)22(32)31-19-14-18-12-13-28(19,26(18,7)8)16-39(31,34)35/h17-21H,12-16H2,1-11H3,(H,30,33)/t18-,19-,20+,21+,27+,28-/m0/s1. The average Bonchev–Trinajstić information content (AvgIpc) is 3.45. The summed E-state index contributed by atoms with van der Waals surface area (Å²) in [5, 5.41) is 2.81. The molecule has 2 bridgehead atoms. The molecule has 2 heterocycles. The molecule has 0 aromatic carbocycles. The first-order valence-corrected chi connectivity index (χ1v) is 18.9. The number of alkyl carbamates (subject to hydrolysis) is 1. The zero-order chi connectivity index (χ0) is 30.3. The summed E-state index contributed by atoms with van der Waals surface area (Å²) >= 11 is 0. The van der Waals surface area contributed by atoms with E-state index in [1.54, 1.807) is 27.7 Å². The highest BCUT2D eigenvalue weighted by atomic mass is 32.2. The van der Waals surface area contributed by atoms with E-state index in [0.29, 0.717) is 12.3 Å². The van der Waals surface area contributed by atoms with Gasteiger partial charge in [-0.3, -0.25) is 4.79 Å². The van der Waals surface area contributed by atoms with Gasteiger partial charge < -0.3 is 19.2 Å². The lowest BCUT2D eigenvalue weighted by Gasteiger charge is -2.43. The first-order chi connectivity index (χ1) is 18.0. The minimum absolute atomic E-state index is 0.0240. The predicted molar refractivity (Wildman–Crippen MR) is 156 cm³/mol. The van der Waals surface area contributed by atoms with Crippen LogP contribution >= 0.6 is 0 Å². The van der Waals surface area contributed by atoms with E-state index in [2.05, 4.69) is 58.0 Å². The Kier molecular flexibility index (Phi) is 7.37. The van der Waals surface area contributed by atoms with Gasteiger partial charge in [-0.25, -0.2) is 22.5 Å². The van der Waals surface area contributed by atoms with Crippen LogP contribution in [0.15, 0.2) is 4.99 Å². The summed E-state index contributed by atoms with van der Waals surface area (Å²) in [5.74, 6) is -0.253. The Morgan fingerprint density at radius 2 is 1.77 bits per heavy atom. The molecule has 3 fully saturated rings. The second kappa shape index (κ2) is 9.42. The molecule has 2 amide bonds. The minimum Gasteiger partial charge on any atom is -0.475 e. The van der Waals surface area contributed by atoms with Crippen LogP contribution in [0.1, 0.15) is 81.6 Å². The lowest BCUT2D eigenvalue weighted by atomic mass is 9.69. The summed E-state index contributed by atoms with van der Waals surface area (Å²) in [6, 6.07) is -1.54. The van der Waals surface area contributed by atoms with E-state index in [1.807, 2.05) is 0 Å². The van der Waals surface area contributed by atoms with Crippen molar-refractivity contribution >= 4 is 36.7 Å². The second-order valence-electron chi connectivity index (χ2n) is 15.6. The minimum atomic E-state index is -3.85. The number of nitrogens with one attached hydrogen (secondary N) is 1. The Hall–Kier alpha value is -1.66. The molecule has 0 aromatic heterocycles. The van der Waals surface area contributed by atoms with Gasteiger partial charge in [-0.1, -0.05) is 34.6 Å². The molecule has 10 nitrogen and oxygen atoms in total. The van der Waals surface area contributed by atoms with Gasteiger partial charge in [0.25, 0.3) is 5.91 Å². The fourth-order valence-corrected chi connectivity index (χ4v) is 10.6. The Labute approximate surface area is 241 Å². The third-order valence-corrected chi connectivity index (χ3v) is 16.9. The SMILES string of the molecule is CC(C)(C)OC(=O)N[C@](C)(CO[Si](C)(C)C(C)(C)C)[C@@H]1OC=N[C@H]1C(=O)N1[C@H]2C[C@@H]3CC[C@@]2(CS1(=O)=O)C3(C)C. The van der Waals surface area contributed by atoms with Crippen LogP contribution in [0.5, 0.6) is 0 Å². The van der Waals surface area contributed by atoms with Gasteiger partial charge in [0.15, 0.2) is 26.9 Å². The maximum absolute atomic E-state index is 14.2. The molecular formula is C28H49N3O7SSi. The van der Waals surface area contributed by atoms with Crippen LogP contribution in [0.2, 0.25) is 18.1 Å². The number of hydrogen-bond donors (Lipinski definition) is 1. The zero-order valence-corrected chi connectivity index (χ0v) is 27.9. The Balaban J connectivity index is 1.65. The molecule has 0 aromatic rings. The lowest BCUT2D eigenvalue weighted by molar-refractivity contribution is -0.133. The molecule has 4 aliphatic rings. The van der Waals surface area contributed by atoms with Crippen molar-refractivity contribution in [3.63, 3.8) is 0 Å². The number of hydrogen-bond acceptors (Lipinski definition) is 8. The maximum Gasteiger partial charge on any atom is 0.408 e. The van der Waals surface area contributed by atoms with Crippen molar-refractivity contribution < 1.29 is 31.9 Å². The first kappa shape index (κ1) is 31.3. The van der Waals surface area contributed by atoms with E-state index in [1.165, 1.54) is 6.40 Å². The van der Waals surface area contributed by atoms with E-state index in [-0.39, 0.29) is 28.9 Å². The van der Waals surface area contributed by atoms with Crippen LogP contribution < -0.4 is 5.32 Å². The largest absolute Gasteiger partial charge is 0.475 e. The van der Waals surface area contributed by atoms with Gasteiger partial charge in [0.2, 0.25) is 10.0 Å². The Morgan fingerprint density at radius 1 is 1.15 bits per heavy atom. The average molecular weight is 600 g/mol. The summed E-state index contributed by atoms with van der Waals surface area (Å²) in [6.07, 6.45) is 1.97. The number of sulfonamides is 1. The number of aliphatic imine (C=N–C) groups is 1. The highest BCUT2D eigenvalue weighted by molar-refractivity contribution is 7.90. The first-order valence-electron chi connectivity index (χ1n) is 14.4. The fraction of sp³-hybridized carbons (Fsp3) is 0.893. The third kappa shape index (κ3) is 4.99. The number of carbonyl (C=O) groups excluding carboxylic acids is 2. The molecule has 40 heavy (non-hydrogen) atoms. The summed E-state index contributed by atoms with van der Waals surface area (Å²) in [4.78, 5) is 31.6. The normalized spacial score (nSPS) is 33.8. The number of rotatable bonds is 6. The van der Waals surface area contributed by atoms with Gasteiger partial charge >= 0.3 is 6.09 Å². The number of amides is 2. The van der Waals surface area contributed by atoms with Crippen LogP contribution in [0.25, 0.3) is 0 Å². The van der Waals surface area contributed by atoms with Crippen molar-refractivity contribution in [2.24, 2.45) is 21.7 Å². The molecule has 228 valence electrons. The topological polar surface area (TPSA) is 124 Å². The van der Waals surface area contributed by atoms with Crippen molar-refractivity contribution in [2.45, 2.75) is 129 Å². The second-order valence-corrected chi connectivity index (χ2v) is 22.3. The highest BCUT2D eigenvalue weighted by Crippen LogP contribution is 2.70. The molecule has 2 saturated carbocycles. The summed E-state index contributed by atoms with van der Waals surface area (Å²) < 4.78 is 46.3. The van der Waals surface area contributed by atoms with E-state index in [9.17, 15) is 18.0 Å².